The van der Waals surface area contributed by atoms with Gasteiger partial charge in [0.05, 0.1) is 11.7 Å². The monoisotopic (exact) mass is 358 g/mol. The molecule has 1 aliphatic carbocycles. The fourth-order valence-corrected chi connectivity index (χ4v) is 5.51. The molecule has 25 heavy (non-hydrogen) atoms. The van der Waals surface area contributed by atoms with E-state index >= 15 is 0 Å². The molecule has 0 spiro atoms. The summed E-state index contributed by atoms with van der Waals surface area (Å²) in [5.74, 6) is 0. The van der Waals surface area contributed by atoms with E-state index in [4.69, 9.17) is 4.74 Å². The largest absolute Gasteiger partial charge is 0.393 e. The van der Waals surface area contributed by atoms with E-state index in [1.54, 1.807) is 11.3 Å². The van der Waals surface area contributed by atoms with Gasteiger partial charge in [-0.25, -0.2) is 4.98 Å². The molecular weight excluding hydrogens is 332 g/mol. The SMILES string of the molecule is CO[C@@]12CC[C@H](O)C[C@@H]1N(Cc1cnc(-c3ccccc3C)s1)CC2. The van der Waals surface area contributed by atoms with Crippen molar-refractivity contribution in [1.29, 1.82) is 0 Å². The second-order valence-electron chi connectivity index (χ2n) is 7.38. The number of rotatable bonds is 4. The number of likely N-dealkylation sites (tertiary alicyclic amines) is 1. The van der Waals surface area contributed by atoms with Gasteiger partial charge in [-0.05, 0) is 38.2 Å². The zero-order chi connectivity index (χ0) is 17.4. The minimum Gasteiger partial charge on any atom is -0.393 e. The molecule has 2 aromatic rings. The molecule has 5 heteroatoms. The number of aromatic nitrogens is 1. The molecule has 2 aliphatic rings. The highest BCUT2D eigenvalue weighted by atomic mass is 32.1. The Bertz CT molecular complexity index is 747. The van der Waals surface area contributed by atoms with Gasteiger partial charge in [0.2, 0.25) is 0 Å². The van der Waals surface area contributed by atoms with Crippen LogP contribution in [0.4, 0.5) is 0 Å². The first kappa shape index (κ1) is 17.2. The van der Waals surface area contributed by atoms with Crippen LogP contribution in [0.3, 0.4) is 0 Å². The predicted octanol–water partition coefficient (Wildman–Crippen LogP) is 3.62. The molecule has 0 radical (unpaired) electrons. The molecule has 2 heterocycles. The Hall–Kier alpha value is -1.27. The van der Waals surface area contributed by atoms with Crippen molar-refractivity contribution >= 4 is 11.3 Å². The number of aryl methyl sites for hydroxylation is 1. The van der Waals surface area contributed by atoms with Crippen LogP contribution in [0.15, 0.2) is 30.5 Å². The van der Waals surface area contributed by atoms with Gasteiger partial charge in [-0.3, -0.25) is 4.90 Å². The summed E-state index contributed by atoms with van der Waals surface area (Å²) in [7, 11) is 1.83. The normalized spacial score (nSPS) is 29.7. The number of methoxy groups -OCH3 is 1. The molecule has 1 aliphatic heterocycles. The van der Waals surface area contributed by atoms with Crippen molar-refractivity contribution in [3.05, 3.63) is 40.9 Å². The zero-order valence-corrected chi connectivity index (χ0v) is 15.8. The molecule has 1 aromatic carbocycles. The van der Waals surface area contributed by atoms with Crippen molar-refractivity contribution in [3.8, 4) is 10.6 Å². The van der Waals surface area contributed by atoms with E-state index in [0.29, 0.717) is 6.04 Å². The van der Waals surface area contributed by atoms with Crippen molar-refractivity contribution < 1.29 is 9.84 Å². The minimum absolute atomic E-state index is 0.0667. The van der Waals surface area contributed by atoms with E-state index in [9.17, 15) is 5.11 Å². The summed E-state index contributed by atoms with van der Waals surface area (Å²) in [6.07, 6.45) is 5.51. The molecule has 4 rings (SSSR count). The van der Waals surface area contributed by atoms with E-state index in [0.717, 1.165) is 43.8 Å². The first-order valence-corrected chi connectivity index (χ1v) is 9.91. The van der Waals surface area contributed by atoms with Crippen molar-refractivity contribution in [1.82, 2.24) is 9.88 Å². The Balaban J connectivity index is 1.52. The molecule has 0 bridgehead atoms. The van der Waals surface area contributed by atoms with E-state index < -0.39 is 0 Å². The average Bonchev–Trinajstić information content (AvgIpc) is 3.22. The summed E-state index contributed by atoms with van der Waals surface area (Å²) < 4.78 is 5.94. The number of hydrogen-bond acceptors (Lipinski definition) is 5. The third kappa shape index (κ3) is 3.14. The lowest BCUT2D eigenvalue weighted by molar-refractivity contribution is -0.0878. The predicted molar refractivity (Wildman–Crippen MR) is 101 cm³/mol. The maximum atomic E-state index is 10.1. The van der Waals surface area contributed by atoms with Gasteiger partial charge in [0.1, 0.15) is 5.01 Å². The number of nitrogens with zero attached hydrogens (tertiary/aromatic N) is 2. The maximum Gasteiger partial charge on any atom is 0.123 e. The van der Waals surface area contributed by atoms with Gasteiger partial charge in [0, 0.05) is 42.9 Å². The summed E-state index contributed by atoms with van der Waals surface area (Å²) in [5.41, 5.74) is 2.42. The van der Waals surface area contributed by atoms with E-state index in [1.807, 2.05) is 13.3 Å². The number of aliphatic hydroxyl groups excluding tert-OH is 1. The quantitative estimate of drug-likeness (QED) is 0.907. The second-order valence-corrected chi connectivity index (χ2v) is 8.50. The molecule has 1 saturated heterocycles. The fraction of sp³-hybridized carbons (Fsp3) is 0.550. The number of aliphatic hydroxyl groups is 1. The van der Waals surface area contributed by atoms with Crippen LogP contribution in [-0.2, 0) is 11.3 Å². The van der Waals surface area contributed by atoms with Crippen LogP contribution in [0.1, 0.15) is 36.1 Å². The van der Waals surface area contributed by atoms with Gasteiger partial charge in [0.25, 0.3) is 0 Å². The van der Waals surface area contributed by atoms with Crippen LogP contribution in [0.25, 0.3) is 10.6 Å². The second kappa shape index (κ2) is 6.80. The molecule has 3 atom stereocenters. The van der Waals surface area contributed by atoms with Crippen molar-refractivity contribution in [2.75, 3.05) is 13.7 Å². The maximum absolute atomic E-state index is 10.1. The van der Waals surface area contributed by atoms with Crippen LogP contribution < -0.4 is 0 Å². The molecule has 134 valence electrons. The Kier molecular flexibility index (Phi) is 4.67. The molecular formula is C20H26N2O2S. The number of fused-ring (bicyclic) bond motifs is 1. The topological polar surface area (TPSA) is 45.6 Å². The van der Waals surface area contributed by atoms with Crippen molar-refractivity contribution in [3.63, 3.8) is 0 Å². The average molecular weight is 359 g/mol. The standard InChI is InChI=1S/C20H26N2O2S/c1-14-5-3-4-6-17(14)19-21-12-16(25-19)13-22-10-9-20(24-2)8-7-15(23)11-18(20)22/h3-6,12,15,18,23H,7-11,13H2,1-2H3/t15-,18-,20+/m0/s1. The van der Waals surface area contributed by atoms with Crippen molar-refractivity contribution in [2.45, 2.75) is 56.9 Å². The zero-order valence-electron chi connectivity index (χ0n) is 14.9. The highest BCUT2D eigenvalue weighted by molar-refractivity contribution is 7.15. The Morgan fingerprint density at radius 3 is 3.00 bits per heavy atom. The van der Waals surface area contributed by atoms with Gasteiger partial charge in [-0.15, -0.1) is 11.3 Å². The van der Waals surface area contributed by atoms with Gasteiger partial charge in [-0.1, -0.05) is 24.3 Å². The Labute approximate surface area is 153 Å². The minimum atomic E-state index is -0.196. The van der Waals surface area contributed by atoms with Gasteiger partial charge in [0.15, 0.2) is 0 Å². The Morgan fingerprint density at radius 2 is 2.20 bits per heavy atom. The summed E-state index contributed by atoms with van der Waals surface area (Å²) in [5, 5.41) is 11.2. The molecule has 2 fully saturated rings. The third-order valence-corrected chi connectivity index (χ3v) is 6.98. The molecule has 4 nitrogen and oxygen atoms in total. The summed E-state index contributed by atoms with van der Waals surface area (Å²) in [6, 6.07) is 8.72. The number of hydrogen-bond donors (Lipinski definition) is 1. The number of thiazole rings is 1. The molecule has 0 amide bonds. The summed E-state index contributed by atoms with van der Waals surface area (Å²) >= 11 is 1.78. The van der Waals surface area contributed by atoms with Gasteiger partial charge >= 0.3 is 0 Å². The van der Waals surface area contributed by atoms with Crippen LogP contribution in [0, 0.1) is 6.92 Å². The first-order valence-electron chi connectivity index (χ1n) is 9.09. The first-order chi connectivity index (χ1) is 12.1. The van der Waals surface area contributed by atoms with Gasteiger partial charge < -0.3 is 9.84 Å². The highest BCUT2D eigenvalue weighted by Gasteiger charge is 2.50. The molecule has 1 N–H and O–H groups in total. The molecule has 1 saturated carbocycles. The fourth-order valence-electron chi connectivity index (χ4n) is 4.48. The Morgan fingerprint density at radius 1 is 1.36 bits per heavy atom. The van der Waals surface area contributed by atoms with Gasteiger partial charge in [-0.2, -0.15) is 0 Å². The molecule has 1 aromatic heterocycles. The highest BCUT2D eigenvalue weighted by Crippen LogP contribution is 2.43. The lowest BCUT2D eigenvalue weighted by Crippen LogP contribution is -2.51. The third-order valence-electron chi connectivity index (χ3n) is 5.96. The van der Waals surface area contributed by atoms with E-state index in [-0.39, 0.29) is 11.7 Å². The number of ether oxygens (including phenoxy) is 1. The summed E-state index contributed by atoms with van der Waals surface area (Å²) in [6.45, 7) is 4.06. The van der Waals surface area contributed by atoms with Crippen LogP contribution in [0.5, 0.6) is 0 Å². The number of benzene rings is 1. The van der Waals surface area contributed by atoms with E-state index in [2.05, 4.69) is 41.1 Å². The van der Waals surface area contributed by atoms with Crippen molar-refractivity contribution in [2.24, 2.45) is 0 Å². The lowest BCUT2D eigenvalue weighted by atomic mass is 9.79. The summed E-state index contributed by atoms with van der Waals surface area (Å²) in [4.78, 5) is 8.43. The van der Waals surface area contributed by atoms with Crippen LogP contribution in [0.2, 0.25) is 0 Å². The molecule has 0 unspecified atom stereocenters. The smallest absolute Gasteiger partial charge is 0.123 e. The van der Waals surface area contributed by atoms with Crippen LogP contribution >= 0.6 is 11.3 Å². The van der Waals surface area contributed by atoms with E-state index in [1.165, 1.54) is 16.0 Å². The van der Waals surface area contributed by atoms with Crippen LogP contribution in [-0.4, -0.2) is 46.4 Å². The lowest BCUT2D eigenvalue weighted by Gasteiger charge is -2.42.